The van der Waals surface area contributed by atoms with Gasteiger partial charge in [0.1, 0.15) is 6.61 Å². The van der Waals surface area contributed by atoms with Gasteiger partial charge < -0.3 is 20.1 Å². The van der Waals surface area contributed by atoms with Crippen LogP contribution >= 0.6 is 0 Å². The molecule has 0 aliphatic carbocycles. The molecule has 1 amide bonds. The molecule has 2 heterocycles. The van der Waals surface area contributed by atoms with Crippen molar-refractivity contribution in [2.75, 3.05) is 19.7 Å². The van der Waals surface area contributed by atoms with Crippen LogP contribution in [0.4, 0.5) is 0 Å². The molecule has 2 aliphatic heterocycles. The van der Waals surface area contributed by atoms with Gasteiger partial charge in [0.2, 0.25) is 6.10 Å². The zero-order valence-electron chi connectivity index (χ0n) is 10.7. The molecule has 0 saturated carbocycles. The summed E-state index contributed by atoms with van der Waals surface area (Å²) in [6.45, 7) is 2.13. The molecule has 2 aliphatic rings. The van der Waals surface area contributed by atoms with E-state index >= 15 is 0 Å². The molecule has 5 nitrogen and oxygen atoms in total. The van der Waals surface area contributed by atoms with Gasteiger partial charge in [0, 0.05) is 12.6 Å². The zero-order valence-corrected chi connectivity index (χ0v) is 10.7. The molecule has 102 valence electrons. The molecule has 0 aromatic heterocycles. The van der Waals surface area contributed by atoms with Gasteiger partial charge in [0.05, 0.1) is 0 Å². The fourth-order valence-electron chi connectivity index (χ4n) is 2.42. The Hall–Kier alpha value is -1.75. The molecule has 1 aromatic rings. The van der Waals surface area contributed by atoms with Crippen LogP contribution in [0.5, 0.6) is 11.5 Å². The minimum atomic E-state index is -0.558. The van der Waals surface area contributed by atoms with Crippen molar-refractivity contribution >= 4 is 5.91 Å². The number of ether oxygens (including phenoxy) is 2. The van der Waals surface area contributed by atoms with Crippen LogP contribution in [-0.2, 0) is 4.79 Å². The molecular formula is C14H18N2O3. The van der Waals surface area contributed by atoms with Crippen molar-refractivity contribution in [1.82, 2.24) is 10.6 Å². The van der Waals surface area contributed by atoms with Crippen molar-refractivity contribution in [1.29, 1.82) is 0 Å². The summed E-state index contributed by atoms with van der Waals surface area (Å²) < 4.78 is 11.2. The Morgan fingerprint density at radius 2 is 2.16 bits per heavy atom. The molecule has 1 unspecified atom stereocenters. The molecule has 5 heteroatoms. The summed E-state index contributed by atoms with van der Waals surface area (Å²) in [5.41, 5.74) is 0. The summed E-state index contributed by atoms with van der Waals surface area (Å²) in [4.78, 5) is 12.1. The summed E-state index contributed by atoms with van der Waals surface area (Å²) in [7, 11) is 0. The Kier molecular flexibility index (Phi) is 3.55. The molecule has 0 bridgehead atoms. The molecule has 2 N–H and O–H groups in total. The lowest BCUT2D eigenvalue weighted by Gasteiger charge is -2.29. The number of nitrogens with one attached hydrogen (secondary N) is 2. The van der Waals surface area contributed by atoms with Crippen LogP contribution in [-0.4, -0.2) is 37.7 Å². The molecule has 0 spiro atoms. The second kappa shape index (κ2) is 5.48. The first-order chi connectivity index (χ1) is 9.33. The van der Waals surface area contributed by atoms with E-state index < -0.39 is 6.10 Å². The third-order valence-electron chi connectivity index (χ3n) is 3.44. The third kappa shape index (κ3) is 2.81. The van der Waals surface area contributed by atoms with Crippen LogP contribution in [0.1, 0.15) is 12.8 Å². The van der Waals surface area contributed by atoms with Crippen LogP contribution in [0.15, 0.2) is 24.3 Å². The molecular weight excluding hydrogens is 244 g/mol. The van der Waals surface area contributed by atoms with Gasteiger partial charge in [-0.1, -0.05) is 12.1 Å². The smallest absolute Gasteiger partial charge is 0.264 e. The topological polar surface area (TPSA) is 59.6 Å². The molecule has 1 aromatic carbocycles. The average Bonchev–Trinajstić information content (AvgIpc) is 2.48. The zero-order chi connectivity index (χ0) is 13.1. The lowest BCUT2D eigenvalue weighted by molar-refractivity contribution is -0.131. The van der Waals surface area contributed by atoms with Gasteiger partial charge >= 0.3 is 0 Å². The van der Waals surface area contributed by atoms with Gasteiger partial charge in [0.25, 0.3) is 5.91 Å². The van der Waals surface area contributed by atoms with Gasteiger partial charge in [-0.3, -0.25) is 4.79 Å². The number of carbonyl (C=O) groups is 1. The summed E-state index contributed by atoms with van der Waals surface area (Å²) in [5, 5.41) is 6.28. The van der Waals surface area contributed by atoms with Gasteiger partial charge in [-0.2, -0.15) is 0 Å². The standard InChI is InChI=1S/C14H18N2O3/c17-14(16-10-4-3-7-15-8-10)13-9-18-11-5-1-2-6-12(11)19-13/h1-2,5-6,10,13,15H,3-4,7-9H2,(H,16,17)/t10-,13?/m1/s1. The van der Waals surface area contributed by atoms with Crippen LogP contribution < -0.4 is 20.1 Å². The summed E-state index contributed by atoms with van der Waals surface area (Å²) in [6, 6.07) is 7.61. The number of fused-ring (bicyclic) bond motifs is 1. The number of piperidine rings is 1. The van der Waals surface area contributed by atoms with Gasteiger partial charge in [-0.15, -0.1) is 0 Å². The van der Waals surface area contributed by atoms with E-state index in [1.165, 1.54) is 0 Å². The van der Waals surface area contributed by atoms with E-state index in [1.54, 1.807) is 0 Å². The van der Waals surface area contributed by atoms with E-state index in [4.69, 9.17) is 9.47 Å². The van der Waals surface area contributed by atoms with Crippen molar-refractivity contribution in [3.8, 4) is 11.5 Å². The summed E-state index contributed by atoms with van der Waals surface area (Å²) in [5.74, 6) is 1.24. The summed E-state index contributed by atoms with van der Waals surface area (Å²) >= 11 is 0. The van der Waals surface area contributed by atoms with Crippen LogP contribution in [0.25, 0.3) is 0 Å². The predicted octanol–water partition coefficient (Wildman–Crippen LogP) is 0.695. The Labute approximate surface area is 112 Å². The highest BCUT2D eigenvalue weighted by molar-refractivity contribution is 5.82. The van der Waals surface area contributed by atoms with Crippen molar-refractivity contribution in [3.63, 3.8) is 0 Å². The number of amides is 1. The maximum atomic E-state index is 12.1. The Morgan fingerprint density at radius 1 is 1.32 bits per heavy atom. The number of para-hydroxylation sites is 2. The second-order valence-corrected chi connectivity index (χ2v) is 4.92. The minimum Gasteiger partial charge on any atom is -0.485 e. The number of hydrogen-bond acceptors (Lipinski definition) is 4. The molecule has 2 atom stereocenters. The molecule has 19 heavy (non-hydrogen) atoms. The maximum Gasteiger partial charge on any atom is 0.264 e. The molecule has 1 saturated heterocycles. The van der Waals surface area contributed by atoms with Gasteiger partial charge in [-0.25, -0.2) is 0 Å². The van der Waals surface area contributed by atoms with Crippen molar-refractivity contribution in [3.05, 3.63) is 24.3 Å². The number of carbonyl (C=O) groups excluding carboxylic acids is 1. The van der Waals surface area contributed by atoms with Crippen LogP contribution in [0, 0.1) is 0 Å². The minimum absolute atomic E-state index is 0.0943. The highest BCUT2D eigenvalue weighted by atomic mass is 16.6. The Morgan fingerprint density at radius 3 is 2.95 bits per heavy atom. The summed E-state index contributed by atoms with van der Waals surface area (Å²) in [6.07, 6.45) is 1.55. The monoisotopic (exact) mass is 262 g/mol. The first kappa shape index (κ1) is 12.3. The first-order valence-corrected chi connectivity index (χ1v) is 6.72. The SMILES string of the molecule is O=C(N[C@@H]1CCCNC1)C1COc2ccccc2O1. The predicted molar refractivity (Wildman–Crippen MR) is 70.4 cm³/mol. The normalized spacial score (nSPS) is 25.7. The Balaban J connectivity index is 1.59. The average molecular weight is 262 g/mol. The number of hydrogen-bond donors (Lipinski definition) is 2. The lowest BCUT2D eigenvalue weighted by atomic mass is 10.1. The quantitative estimate of drug-likeness (QED) is 0.823. The van der Waals surface area contributed by atoms with Crippen molar-refractivity contribution in [2.24, 2.45) is 0 Å². The van der Waals surface area contributed by atoms with E-state index in [2.05, 4.69) is 10.6 Å². The number of benzene rings is 1. The van der Waals surface area contributed by atoms with E-state index in [1.807, 2.05) is 24.3 Å². The molecule has 1 fully saturated rings. The van der Waals surface area contributed by atoms with E-state index in [9.17, 15) is 4.79 Å². The van der Waals surface area contributed by atoms with Crippen LogP contribution in [0.3, 0.4) is 0 Å². The first-order valence-electron chi connectivity index (χ1n) is 6.72. The second-order valence-electron chi connectivity index (χ2n) is 4.92. The van der Waals surface area contributed by atoms with Gasteiger partial charge in [-0.05, 0) is 31.5 Å². The third-order valence-corrected chi connectivity index (χ3v) is 3.44. The van der Waals surface area contributed by atoms with Gasteiger partial charge in [0.15, 0.2) is 11.5 Å². The fraction of sp³-hybridized carbons (Fsp3) is 0.500. The maximum absolute atomic E-state index is 12.1. The van der Waals surface area contributed by atoms with E-state index in [-0.39, 0.29) is 18.6 Å². The molecule has 0 radical (unpaired) electrons. The Bertz CT molecular complexity index is 458. The number of rotatable bonds is 2. The van der Waals surface area contributed by atoms with Crippen molar-refractivity contribution < 1.29 is 14.3 Å². The fourth-order valence-corrected chi connectivity index (χ4v) is 2.42. The van der Waals surface area contributed by atoms with E-state index in [0.717, 1.165) is 25.9 Å². The lowest BCUT2D eigenvalue weighted by Crippen LogP contribution is -2.51. The largest absolute Gasteiger partial charge is 0.485 e. The molecule has 3 rings (SSSR count). The highest BCUT2D eigenvalue weighted by Gasteiger charge is 2.28. The van der Waals surface area contributed by atoms with Crippen molar-refractivity contribution in [2.45, 2.75) is 25.0 Å². The highest BCUT2D eigenvalue weighted by Crippen LogP contribution is 2.30. The van der Waals surface area contributed by atoms with E-state index in [0.29, 0.717) is 11.5 Å². The van der Waals surface area contributed by atoms with Crippen LogP contribution in [0.2, 0.25) is 0 Å².